The Hall–Kier alpha value is -2.01. The summed E-state index contributed by atoms with van der Waals surface area (Å²) >= 11 is 0. The van der Waals surface area contributed by atoms with E-state index in [1.807, 2.05) is 18.2 Å². The molecule has 1 heterocycles. The number of nitrogens with zero attached hydrogens (tertiary/aromatic N) is 1. The third-order valence-corrected chi connectivity index (χ3v) is 4.50. The summed E-state index contributed by atoms with van der Waals surface area (Å²) in [6.45, 7) is 4.16. The Bertz CT molecular complexity index is 564. The van der Waals surface area contributed by atoms with E-state index >= 15 is 0 Å². The van der Waals surface area contributed by atoms with E-state index in [4.69, 9.17) is 9.47 Å². The number of carbonyl (C=O) groups excluding carboxylic acids is 1. The minimum atomic E-state index is -0.0826. The minimum absolute atomic E-state index is 0.0826. The van der Waals surface area contributed by atoms with Crippen molar-refractivity contribution in [3.63, 3.8) is 0 Å². The number of nitrogens with one attached hydrogen (secondary N) is 1. The van der Waals surface area contributed by atoms with Crippen molar-refractivity contribution in [3.05, 3.63) is 29.8 Å². The van der Waals surface area contributed by atoms with Crippen LogP contribution in [0.3, 0.4) is 0 Å². The number of methoxy groups -OCH3 is 2. The third-order valence-electron chi connectivity index (χ3n) is 4.50. The van der Waals surface area contributed by atoms with E-state index in [0.717, 1.165) is 24.3 Å². The van der Waals surface area contributed by atoms with Gasteiger partial charge in [0.2, 0.25) is 5.91 Å². The van der Waals surface area contributed by atoms with Gasteiger partial charge in [0.25, 0.3) is 0 Å². The van der Waals surface area contributed by atoms with E-state index in [-0.39, 0.29) is 5.91 Å². The Kier molecular flexibility index (Phi) is 8.32. The molecule has 5 nitrogen and oxygen atoms in total. The van der Waals surface area contributed by atoms with Crippen LogP contribution in [-0.4, -0.2) is 51.2 Å². The topological polar surface area (TPSA) is 50.8 Å². The zero-order chi connectivity index (χ0) is 17.9. The van der Waals surface area contributed by atoms with Gasteiger partial charge in [0.15, 0.2) is 0 Å². The van der Waals surface area contributed by atoms with Crippen molar-refractivity contribution in [2.45, 2.75) is 32.1 Å². The zero-order valence-corrected chi connectivity index (χ0v) is 15.4. The largest absolute Gasteiger partial charge is 0.497 e. The number of amides is 1. The predicted molar refractivity (Wildman–Crippen MR) is 101 cm³/mol. The molecule has 1 aromatic carbocycles. The number of benzene rings is 1. The monoisotopic (exact) mass is 346 g/mol. The van der Waals surface area contributed by atoms with Crippen LogP contribution in [0.1, 0.15) is 37.7 Å². The van der Waals surface area contributed by atoms with Gasteiger partial charge in [0.05, 0.1) is 14.2 Å². The van der Waals surface area contributed by atoms with Crippen molar-refractivity contribution in [1.29, 1.82) is 0 Å². The zero-order valence-electron chi connectivity index (χ0n) is 15.4. The molecular formula is C20H30N2O3. The quantitative estimate of drug-likeness (QED) is 0.580. The summed E-state index contributed by atoms with van der Waals surface area (Å²) < 4.78 is 10.5. The smallest absolute Gasteiger partial charge is 0.244 e. The number of hydrogen-bond acceptors (Lipinski definition) is 4. The van der Waals surface area contributed by atoms with Gasteiger partial charge in [-0.25, -0.2) is 0 Å². The Morgan fingerprint density at radius 3 is 2.60 bits per heavy atom. The molecule has 0 aliphatic carbocycles. The van der Waals surface area contributed by atoms with Crippen molar-refractivity contribution < 1.29 is 14.3 Å². The van der Waals surface area contributed by atoms with Gasteiger partial charge in [-0.1, -0.05) is 12.8 Å². The van der Waals surface area contributed by atoms with Gasteiger partial charge in [-0.3, -0.25) is 4.79 Å². The molecule has 0 radical (unpaired) electrons. The lowest BCUT2D eigenvalue weighted by Crippen LogP contribution is -2.30. The standard InChI is InChI=1S/C20H30N2O3/c1-24-18-9-10-19(25-2)17(16-18)8-11-20(23)21-12-7-15-22-13-5-3-4-6-14-22/h8-11,16H,3-7,12-15H2,1-2H3,(H,21,23)/b11-8+. The van der Waals surface area contributed by atoms with Gasteiger partial charge in [0.1, 0.15) is 11.5 Å². The number of likely N-dealkylation sites (tertiary alicyclic amines) is 1. The highest BCUT2D eigenvalue weighted by Crippen LogP contribution is 2.24. The van der Waals surface area contributed by atoms with Gasteiger partial charge in [0, 0.05) is 18.2 Å². The summed E-state index contributed by atoms with van der Waals surface area (Å²) in [5.74, 6) is 1.37. The second kappa shape index (κ2) is 10.8. The molecule has 5 heteroatoms. The Balaban J connectivity index is 1.75. The van der Waals surface area contributed by atoms with Crippen LogP contribution >= 0.6 is 0 Å². The van der Waals surface area contributed by atoms with E-state index in [9.17, 15) is 4.79 Å². The number of carbonyl (C=O) groups is 1. The SMILES string of the molecule is COc1ccc(OC)c(/C=C/C(=O)NCCCN2CCCCCC2)c1. The lowest BCUT2D eigenvalue weighted by Gasteiger charge is -2.19. The summed E-state index contributed by atoms with van der Waals surface area (Å²) in [5, 5.41) is 2.95. The Morgan fingerprint density at radius 2 is 1.92 bits per heavy atom. The van der Waals surface area contributed by atoms with Crippen molar-refractivity contribution >= 4 is 12.0 Å². The average molecular weight is 346 g/mol. The molecule has 0 saturated carbocycles. The molecule has 138 valence electrons. The highest BCUT2D eigenvalue weighted by molar-refractivity contribution is 5.92. The fourth-order valence-corrected chi connectivity index (χ4v) is 3.07. The highest BCUT2D eigenvalue weighted by Gasteiger charge is 2.08. The third kappa shape index (κ3) is 6.78. The molecule has 1 amide bonds. The van der Waals surface area contributed by atoms with E-state index in [0.29, 0.717) is 12.3 Å². The summed E-state index contributed by atoms with van der Waals surface area (Å²) in [6.07, 6.45) is 9.60. The maximum Gasteiger partial charge on any atom is 0.244 e. The molecule has 0 bridgehead atoms. The second-order valence-corrected chi connectivity index (χ2v) is 6.34. The number of rotatable bonds is 8. The van der Waals surface area contributed by atoms with Crippen molar-refractivity contribution in [3.8, 4) is 11.5 Å². The lowest BCUT2D eigenvalue weighted by atomic mass is 10.1. The molecule has 0 spiro atoms. The van der Waals surface area contributed by atoms with Crippen LogP contribution in [0.4, 0.5) is 0 Å². The Morgan fingerprint density at radius 1 is 1.16 bits per heavy atom. The van der Waals surface area contributed by atoms with Gasteiger partial charge >= 0.3 is 0 Å². The van der Waals surface area contributed by atoms with Crippen LogP contribution in [0.25, 0.3) is 6.08 Å². The molecule has 0 unspecified atom stereocenters. The molecule has 1 fully saturated rings. The first kappa shape index (κ1) is 19.3. The molecule has 1 aliphatic heterocycles. The molecule has 1 N–H and O–H groups in total. The highest BCUT2D eigenvalue weighted by atomic mass is 16.5. The van der Waals surface area contributed by atoms with Crippen molar-refractivity contribution in [2.24, 2.45) is 0 Å². The lowest BCUT2D eigenvalue weighted by molar-refractivity contribution is -0.116. The molecule has 0 atom stereocenters. The molecule has 1 aliphatic rings. The molecule has 0 aromatic heterocycles. The predicted octanol–water partition coefficient (Wildman–Crippen LogP) is 3.10. The fourth-order valence-electron chi connectivity index (χ4n) is 3.07. The van der Waals surface area contributed by atoms with Gasteiger partial charge in [-0.15, -0.1) is 0 Å². The Labute approximate surface area is 151 Å². The molecule has 1 aromatic rings. The number of hydrogen-bond donors (Lipinski definition) is 1. The van der Waals surface area contributed by atoms with Crippen LogP contribution in [0.2, 0.25) is 0 Å². The maximum atomic E-state index is 12.0. The molecule has 1 saturated heterocycles. The van der Waals surface area contributed by atoms with Crippen LogP contribution in [0.5, 0.6) is 11.5 Å². The maximum absolute atomic E-state index is 12.0. The first-order valence-electron chi connectivity index (χ1n) is 9.13. The molecule has 2 rings (SSSR count). The van der Waals surface area contributed by atoms with Gasteiger partial charge in [-0.05, 0) is 63.2 Å². The van der Waals surface area contributed by atoms with Crippen LogP contribution in [-0.2, 0) is 4.79 Å². The fraction of sp³-hybridized carbons (Fsp3) is 0.550. The molecule has 25 heavy (non-hydrogen) atoms. The normalized spacial score (nSPS) is 15.8. The first-order chi connectivity index (χ1) is 12.2. The van der Waals surface area contributed by atoms with Gasteiger partial charge < -0.3 is 19.7 Å². The summed E-state index contributed by atoms with van der Waals surface area (Å²) in [4.78, 5) is 14.5. The summed E-state index contributed by atoms with van der Waals surface area (Å²) in [7, 11) is 3.23. The minimum Gasteiger partial charge on any atom is -0.497 e. The van der Waals surface area contributed by atoms with E-state index in [1.165, 1.54) is 38.8 Å². The van der Waals surface area contributed by atoms with Crippen LogP contribution in [0.15, 0.2) is 24.3 Å². The van der Waals surface area contributed by atoms with Crippen molar-refractivity contribution in [1.82, 2.24) is 10.2 Å². The van der Waals surface area contributed by atoms with Gasteiger partial charge in [-0.2, -0.15) is 0 Å². The summed E-state index contributed by atoms with van der Waals surface area (Å²) in [5.41, 5.74) is 0.821. The van der Waals surface area contributed by atoms with E-state index in [2.05, 4.69) is 10.2 Å². The van der Waals surface area contributed by atoms with E-state index < -0.39 is 0 Å². The van der Waals surface area contributed by atoms with E-state index in [1.54, 1.807) is 26.4 Å². The number of ether oxygens (including phenoxy) is 2. The average Bonchev–Trinajstić information content (AvgIpc) is 2.92. The summed E-state index contributed by atoms with van der Waals surface area (Å²) in [6, 6.07) is 5.51. The first-order valence-corrected chi connectivity index (χ1v) is 9.13. The second-order valence-electron chi connectivity index (χ2n) is 6.34. The molecular weight excluding hydrogens is 316 g/mol. The van der Waals surface area contributed by atoms with Crippen molar-refractivity contribution in [2.75, 3.05) is 40.4 Å². The van der Waals surface area contributed by atoms with Crippen LogP contribution < -0.4 is 14.8 Å². The van der Waals surface area contributed by atoms with Crippen LogP contribution in [0, 0.1) is 0 Å².